The topological polar surface area (TPSA) is 66.5 Å². The SMILES string of the molecule is O=C(NCC(F)(F)F)c1ccc2c(c1)C(=O)N(CCc1ccccc1)C2=O. The number of alkyl halides is 3. The maximum atomic E-state index is 12.5. The molecule has 1 aliphatic rings. The Morgan fingerprint density at radius 2 is 1.63 bits per heavy atom. The Morgan fingerprint density at radius 3 is 2.30 bits per heavy atom. The van der Waals surface area contributed by atoms with Gasteiger partial charge in [-0.05, 0) is 30.2 Å². The monoisotopic (exact) mass is 376 g/mol. The van der Waals surface area contributed by atoms with Gasteiger partial charge in [0.15, 0.2) is 0 Å². The van der Waals surface area contributed by atoms with Gasteiger partial charge >= 0.3 is 6.18 Å². The van der Waals surface area contributed by atoms with Gasteiger partial charge in [-0.3, -0.25) is 19.3 Å². The predicted molar refractivity (Wildman–Crippen MR) is 90.3 cm³/mol. The Bertz CT molecular complexity index is 895. The van der Waals surface area contributed by atoms with Gasteiger partial charge in [-0.2, -0.15) is 13.2 Å². The fourth-order valence-electron chi connectivity index (χ4n) is 2.80. The molecule has 0 saturated heterocycles. The van der Waals surface area contributed by atoms with Crippen LogP contribution in [0.5, 0.6) is 0 Å². The summed E-state index contributed by atoms with van der Waals surface area (Å²) in [7, 11) is 0. The molecule has 1 aliphatic heterocycles. The van der Waals surface area contributed by atoms with E-state index in [2.05, 4.69) is 0 Å². The summed E-state index contributed by atoms with van der Waals surface area (Å²) >= 11 is 0. The quantitative estimate of drug-likeness (QED) is 0.816. The van der Waals surface area contributed by atoms with E-state index in [1.165, 1.54) is 12.1 Å². The van der Waals surface area contributed by atoms with Gasteiger partial charge in [0, 0.05) is 12.1 Å². The van der Waals surface area contributed by atoms with Crippen LogP contribution in [-0.2, 0) is 6.42 Å². The third kappa shape index (κ3) is 4.16. The lowest BCUT2D eigenvalue weighted by Gasteiger charge is -2.13. The second-order valence-corrected chi connectivity index (χ2v) is 6.06. The molecule has 0 fully saturated rings. The predicted octanol–water partition coefficient (Wildman–Crippen LogP) is 2.82. The highest BCUT2D eigenvalue weighted by atomic mass is 19.4. The number of hydrogen-bond acceptors (Lipinski definition) is 3. The molecular weight excluding hydrogens is 361 g/mol. The molecule has 1 N–H and O–H groups in total. The number of nitrogens with zero attached hydrogens (tertiary/aromatic N) is 1. The Balaban J connectivity index is 1.73. The first-order chi connectivity index (χ1) is 12.8. The minimum Gasteiger partial charge on any atom is -0.343 e. The van der Waals surface area contributed by atoms with Crippen molar-refractivity contribution in [2.75, 3.05) is 13.1 Å². The van der Waals surface area contributed by atoms with Crippen molar-refractivity contribution >= 4 is 17.7 Å². The zero-order chi connectivity index (χ0) is 19.6. The number of imide groups is 1. The van der Waals surface area contributed by atoms with Crippen LogP contribution in [0.3, 0.4) is 0 Å². The molecule has 0 radical (unpaired) electrons. The summed E-state index contributed by atoms with van der Waals surface area (Å²) < 4.78 is 36.7. The summed E-state index contributed by atoms with van der Waals surface area (Å²) in [6.45, 7) is -1.30. The molecule has 0 spiro atoms. The highest BCUT2D eigenvalue weighted by Gasteiger charge is 2.36. The molecule has 0 bridgehead atoms. The lowest BCUT2D eigenvalue weighted by Crippen LogP contribution is -2.33. The molecule has 8 heteroatoms. The van der Waals surface area contributed by atoms with E-state index in [1.807, 2.05) is 30.3 Å². The van der Waals surface area contributed by atoms with Crippen LogP contribution in [0.4, 0.5) is 13.2 Å². The standard InChI is InChI=1S/C19H15F3N2O3/c20-19(21,22)11-23-16(25)13-6-7-14-15(10-13)18(27)24(17(14)26)9-8-12-4-2-1-3-5-12/h1-7,10H,8-9,11H2,(H,23,25). The highest BCUT2D eigenvalue weighted by Crippen LogP contribution is 2.24. The smallest absolute Gasteiger partial charge is 0.343 e. The third-order valence-electron chi connectivity index (χ3n) is 4.15. The molecule has 0 atom stereocenters. The van der Waals surface area contributed by atoms with Crippen LogP contribution in [0.25, 0.3) is 0 Å². The first-order valence-corrected chi connectivity index (χ1v) is 8.15. The van der Waals surface area contributed by atoms with Crippen molar-refractivity contribution in [3.63, 3.8) is 0 Å². The van der Waals surface area contributed by atoms with Gasteiger partial charge in [-0.25, -0.2) is 0 Å². The van der Waals surface area contributed by atoms with Gasteiger partial charge in [0.25, 0.3) is 17.7 Å². The van der Waals surface area contributed by atoms with Crippen LogP contribution in [0.15, 0.2) is 48.5 Å². The average molecular weight is 376 g/mol. The summed E-state index contributed by atoms with van der Waals surface area (Å²) in [5.41, 5.74) is 1.01. The molecule has 0 aliphatic carbocycles. The lowest BCUT2D eigenvalue weighted by atomic mass is 10.1. The van der Waals surface area contributed by atoms with E-state index < -0.39 is 30.4 Å². The molecule has 0 aromatic heterocycles. The Hall–Kier alpha value is -3.16. The summed E-state index contributed by atoms with van der Waals surface area (Å²) in [5, 5.41) is 1.74. The Kier molecular flexibility index (Phi) is 4.98. The number of amides is 3. The van der Waals surface area contributed by atoms with Crippen molar-refractivity contribution in [2.24, 2.45) is 0 Å². The minimum absolute atomic E-state index is 0.0210. The van der Waals surface area contributed by atoms with Gasteiger partial charge in [0.2, 0.25) is 0 Å². The Labute approximate surface area is 152 Å². The highest BCUT2D eigenvalue weighted by molar-refractivity contribution is 6.22. The molecule has 1 heterocycles. The summed E-state index contributed by atoms with van der Waals surface area (Å²) in [6.07, 6.45) is -4.06. The maximum absolute atomic E-state index is 12.5. The van der Waals surface area contributed by atoms with Crippen molar-refractivity contribution in [3.05, 3.63) is 70.8 Å². The molecule has 0 unspecified atom stereocenters. The molecule has 3 amide bonds. The number of rotatable bonds is 5. The summed E-state index contributed by atoms with van der Waals surface area (Å²) in [5.74, 6) is -2.00. The van der Waals surface area contributed by atoms with Gasteiger partial charge in [-0.15, -0.1) is 0 Å². The third-order valence-corrected chi connectivity index (χ3v) is 4.15. The zero-order valence-electron chi connectivity index (χ0n) is 14.0. The number of fused-ring (bicyclic) bond motifs is 1. The number of hydrogen-bond donors (Lipinski definition) is 1. The molecule has 3 rings (SSSR count). The normalized spacial score (nSPS) is 13.7. The first kappa shape index (κ1) is 18.6. The molecule has 0 saturated carbocycles. The number of carbonyl (C=O) groups excluding carboxylic acids is 3. The lowest BCUT2D eigenvalue weighted by molar-refractivity contribution is -0.123. The van der Waals surface area contributed by atoms with Crippen LogP contribution in [0, 0.1) is 0 Å². The van der Waals surface area contributed by atoms with E-state index in [-0.39, 0.29) is 23.2 Å². The minimum atomic E-state index is -4.54. The van der Waals surface area contributed by atoms with E-state index in [0.29, 0.717) is 6.42 Å². The van der Waals surface area contributed by atoms with Gasteiger partial charge < -0.3 is 5.32 Å². The molecule has 2 aromatic rings. The fourth-order valence-corrected chi connectivity index (χ4v) is 2.80. The van der Waals surface area contributed by atoms with Crippen LogP contribution >= 0.6 is 0 Å². The van der Waals surface area contributed by atoms with Crippen LogP contribution in [-0.4, -0.2) is 41.9 Å². The van der Waals surface area contributed by atoms with Crippen LogP contribution in [0.2, 0.25) is 0 Å². The molecule has 27 heavy (non-hydrogen) atoms. The fraction of sp³-hybridized carbons (Fsp3) is 0.211. The Morgan fingerprint density at radius 1 is 0.963 bits per heavy atom. The van der Waals surface area contributed by atoms with Gasteiger partial charge in [0.1, 0.15) is 6.54 Å². The van der Waals surface area contributed by atoms with E-state index in [0.717, 1.165) is 16.5 Å². The summed E-state index contributed by atoms with van der Waals surface area (Å²) in [6, 6.07) is 13.0. The van der Waals surface area contributed by atoms with Crippen molar-refractivity contribution in [2.45, 2.75) is 12.6 Å². The zero-order valence-corrected chi connectivity index (χ0v) is 14.0. The summed E-state index contributed by atoms with van der Waals surface area (Å²) in [4.78, 5) is 37.9. The van der Waals surface area contributed by atoms with E-state index >= 15 is 0 Å². The first-order valence-electron chi connectivity index (χ1n) is 8.15. The largest absolute Gasteiger partial charge is 0.405 e. The van der Waals surface area contributed by atoms with Crippen molar-refractivity contribution in [1.82, 2.24) is 10.2 Å². The maximum Gasteiger partial charge on any atom is 0.405 e. The van der Waals surface area contributed by atoms with Crippen LogP contribution < -0.4 is 5.32 Å². The number of halogens is 3. The van der Waals surface area contributed by atoms with Crippen molar-refractivity contribution in [1.29, 1.82) is 0 Å². The molecule has 2 aromatic carbocycles. The number of benzene rings is 2. The van der Waals surface area contributed by atoms with Gasteiger partial charge in [-0.1, -0.05) is 30.3 Å². The van der Waals surface area contributed by atoms with Crippen molar-refractivity contribution < 1.29 is 27.6 Å². The van der Waals surface area contributed by atoms with E-state index in [1.54, 1.807) is 5.32 Å². The molecular formula is C19H15F3N2O3. The average Bonchev–Trinajstić information content (AvgIpc) is 2.88. The van der Waals surface area contributed by atoms with E-state index in [4.69, 9.17) is 0 Å². The number of nitrogens with one attached hydrogen (secondary N) is 1. The van der Waals surface area contributed by atoms with Crippen molar-refractivity contribution in [3.8, 4) is 0 Å². The van der Waals surface area contributed by atoms with Crippen LogP contribution in [0.1, 0.15) is 36.6 Å². The second kappa shape index (κ2) is 7.22. The number of carbonyl (C=O) groups is 3. The molecule has 140 valence electrons. The van der Waals surface area contributed by atoms with E-state index in [9.17, 15) is 27.6 Å². The molecule has 5 nitrogen and oxygen atoms in total. The van der Waals surface area contributed by atoms with Gasteiger partial charge in [0.05, 0.1) is 11.1 Å². The second-order valence-electron chi connectivity index (χ2n) is 6.06.